The maximum absolute atomic E-state index is 12.3. The topological polar surface area (TPSA) is 95.9 Å². The average Bonchev–Trinajstić information content (AvgIpc) is 3.16. The Morgan fingerprint density at radius 3 is 2.56 bits per heavy atom. The van der Waals surface area contributed by atoms with Crippen molar-refractivity contribution in [2.45, 2.75) is 104 Å². The molecule has 6 heteroatoms. The van der Waals surface area contributed by atoms with Crippen LogP contribution < -0.4 is 5.32 Å². The second-order valence-electron chi connectivity index (χ2n) is 12.5. The van der Waals surface area contributed by atoms with Gasteiger partial charge in [-0.2, -0.15) is 0 Å². The lowest BCUT2D eigenvalue weighted by molar-refractivity contribution is -0.175. The summed E-state index contributed by atoms with van der Waals surface area (Å²) in [6.07, 6.45) is 9.35. The summed E-state index contributed by atoms with van der Waals surface area (Å²) >= 11 is 0. The third-order valence-corrected chi connectivity index (χ3v) is 11.1. The van der Waals surface area contributed by atoms with Gasteiger partial charge in [-0.1, -0.05) is 20.8 Å². The summed E-state index contributed by atoms with van der Waals surface area (Å²) in [5.74, 6) is 2.66. The standard InChI is InChI=1S/C28H47NO5/c1-5-34-26(33)16-29-25(32)11-6-17(2)21-9-10-22-20-8-7-18-14-19(30)12-13-27(18,3)23(20)15-24(31)28(21,22)4/h17-24,30-31H,5-16H2,1-4H3,(H,29,32)/t17-,18-,19-,20?,21-,22+,23?,24+,27+,28-/m1/s1. The van der Waals surface area contributed by atoms with E-state index in [1.165, 1.54) is 19.3 Å². The van der Waals surface area contributed by atoms with Crippen molar-refractivity contribution in [3.63, 3.8) is 0 Å². The summed E-state index contributed by atoms with van der Waals surface area (Å²) in [6, 6.07) is 0. The fourth-order valence-corrected chi connectivity index (χ4v) is 9.19. The number of aliphatic hydroxyl groups is 2. The first-order valence-corrected chi connectivity index (χ1v) is 13.9. The van der Waals surface area contributed by atoms with E-state index in [1.807, 2.05) is 0 Å². The molecule has 4 saturated carbocycles. The Labute approximate surface area is 205 Å². The normalized spacial score (nSPS) is 44.4. The van der Waals surface area contributed by atoms with Crippen LogP contribution in [0.25, 0.3) is 0 Å². The number of carbonyl (C=O) groups excluding carboxylic acids is 2. The Morgan fingerprint density at radius 2 is 1.82 bits per heavy atom. The highest BCUT2D eigenvalue weighted by Gasteiger charge is 2.63. The minimum atomic E-state index is -0.397. The van der Waals surface area contributed by atoms with E-state index in [9.17, 15) is 19.8 Å². The molecule has 1 amide bonds. The molecule has 4 fully saturated rings. The number of ether oxygens (including phenoxy) is 1. The zero-order valence-electron chi connectivity index (χ0n) is 21.7. The minimum absolute atomic E-state index is 0.0666. The summed E-state index contributed by atoms with van der Waals surface area (Å²) < 4.78 is 4.88. The second kappa shape index (κ2) is 10.1. The molecule has 34 heavy (non-hydrogen) atoms. The molecule has 0 aromatic heterocycles. The lowest BCUT2D eigenvalue weighted by Gasteiger charge is -2.62. The van der Waals surface area contributed by atoms with Crippen LogP contribution in [0.4, 0.5) is 0 Å². The van der Waals surface area contributed by atoms with Crippen molar-refractivity contribution in [1.29, 1.82) is 0 Å². The van der Waals surface area contributed by atoms with Gasteiger partial charge in [0, 0.05) is 6.42 Å². The number of hydrogen-bond acceptors (Lipinski definition) is 5. The van der Waals surface area contributed by atoms with E-state index in [1.54, 1.807) is 6.92 Å². The third-order valence-electron chi connectivity index (χ3n) is 11.1. The molecule has 0 heterocycles. The quantitative estimate of drug-likeness (QED) is 0.480. The molecule has 0 radical (unpaired) electrons. The molecule has 0 aromatic carbocycles. The Balaban J connectivity index is 1.39. The molecule has 3 N–H and O–H groups in total. The number of esters is 1. The van der Waals surface area contributed by atoms with Gasteiger partial charge in [0.2, 0.25) is 5.91 Å². The zero-order chi connectivity index (χ0) is 24.7. The van der Waals surface area contributed by atoms with Crippen LogP contribution in [0.1, 0.15) is 91.9 Å². The SMILES string of the molecule is CCOC(=O)CNC(=O)CC[C@@H](C)[C@H]1CC[C@H]2C3CC[C@@H]4C[C@H](O)CC[C@]4(C)C3C[C@H](O)[C@]12C. The van der Waals surface area contributed by atoms with Gasteiger partial charge in [-0.3, -0.25) is 9.59 Å². The summed E-state index contributed by atoms with van der Waals surface area (Å²) in [4.78, 5) is 23.8. The van der Waals surface area contributed by atoms with Gasteiger partial charge in [-0.25, -0.2) is 0 Å². The van der Waals surface area contributed by atoms with Gasteiger partial charge >= 0.3 is 5.97 Å². The molecule has 6 nitrogen and oxygen atoms in total. The number of nitrogens with one attached hydrogen (secondary N) is 1. The largest absolute Gasteiger partial charge is 0.465 e. The predicted octanol–water partition coefficient (Wildman–Crippen LogP) is 4.07. The van der Waals surface area contributed by atoms with Gasteiger partial charge in [0.05, 0.1) is 18.8 Å². The number of fused-ring (bicyclic) bond motifs is 5. The molecule has 2 unspecified atom stereocenters. The summed E-state index contributed by atoms with van der Waals surface area (Å²) in [7, 11) is 0. The van der Waals surface area contributed by atoms with E-state index in [0.717, 1.165) is 38.5 Å². The number of amides is 1. The predicted molar refractivity (Wildman–Crippen MR) is 131 cm³/mol. The molecular weight excluding hydrogens is 430 g/mol. The number of carbonyl (C=O) groups is 2. The smallest absolute Gasteiger partial charge is 0.325 e. The lowest BCUT2D eigenvalue weighted by Crippen LogP contribution is -2.58. The van der Waals surface area contributed by atoms with Gasteiger partial charge < -0.3 is 20.3 Å². The Kier molecular flexibility index (Phi) is 7.69. The first-order chi connectivity index (χ1) is 16.1. The van der Waals surface area contributed by atoms with Gasteiger partial charge in [0.15, 0.2) is 0 Å². The van der Waals surface area contributed by atoms with E-state index >= 15 is 0 Å². The van der Waals surface area contributed by atoms with Crippen molar-refractivity contribution in [2.24, 2.45) is 46.3 Å². The zero-order valence-corrected chi connectivity index (χ0v) is 21.7. The first-order valence-electron chi connectivity index (χ1n) is 13.9. The molecule has 4 rings (SSSR count). The molecule has 0 aromatic rings. The van der Waals surface area contributed by atoms with Crippen molar-refractivity contribution < 1.29 is 24.5 Å². The summed E-state index contributed by atoms with van der Waals surface area (Å²) in [5.41, 5.74) is 0.171. The fourth-order valence-electron chi connectivity index (χ4n) is 9.19. The Hall–Kier alpha value is -1.14. The van der Waals surface area contributed by atoms with Crippen LogP contribution in [0.2, 0.25) is 0 Å². The molecule has 10 atom stereocenters. The van der Waals surface area contributed by atoms with Crippen LogP contribution in [0.5, 0.6) is 0 Å². The van der Waals surface area contributed by atoms with Crippen LogP contribution in [0, 0.1) is 46.3 Å². The van der Waals surface area contributed by atoms with Gasteiger partial charge in [-0.15, -0.1) is 0 Å². The third kappa shape index (κ3) is 4.54. The van der Waals surface area contributed by atoms with Crippen molar-refractivity contribution in [3.05, 3.63) is 0 Å². The number of hydrogen-bond donors (Lipinski definition) is 3. The molecule has 0 saturated heterocycles. The highest BCUT2D eigenvalue weighted by atomic mass is 16.5. The van der Waals surface area contributed by atoms with Crippen LogP contribution in [-0.4, -0.2) is 47.4 Å². The van der Waals surface area contributed by atoms with E-state index in [-0.39, 0.29) is 35.5 Å². The van der Waals surface area contributed by atoms with Gasteiger partial charge in [-0.05, 0) is 111 Å². The first kappa shape index (κ1) is 25.9. The van der Waals surface area contributed by atoms with Crippen molar-refractivity contribution in [2.75, 3.05) is 13.2 Å². The molecular formula is C28H47NO5. The second-order valence-corrected chi connectivity index (χ2v) is 12.5. The van der Waals surface area contributed by atoms with E-state index in [2.05, 4.69) is 26.1 Å². The van der Waals surface area contributed by atoms with E-state index < -0.39 is 5.97 Å². The maximum atomic E-state index is 12.3. The molecule has 0 bridgehead atoms. The van der Waals surface area contributed by atoms with E-state index in [0.29, 0.717) is 48.5 Å². The number of aliphatic hydroxyl groups excluding tert-OH is 2. The Bertz CT molecular complexity index is 757. The van der Waals surface area contributed by atoms with Crippen LogP contribution >= 0.6 is 0 Å². The number of rotatable bonds is 7. The molecule has 4 aliphatic rings. The van der Waals surface area contributed by atoms with Crippen molar-refractivity contribution in [1.82, 2.24) is 5.32 Å². The monoisotopic (exact) mass is 477 g/mol. The fraction of sp³-hybridized carbons (Fsp3) is 0.929. The molecule has 0 aliphatic heterocycles. The average molecular weight is 478 g/mol. The lowest BCUT2D eigenvalue weighted by atomic mass is 9.43. The van der Waals surface area contributed by atoms with E-state index in [4.69, 9.17) is 4.74 Å². The van der Waals surface area contributed by atoms with Crippen molar-refractivity contribution >= 4 is 11.9 Å². The minimum Gasteiger partial charge on any atom is -0.465 e. The molecule has 194 valence electrons. The summed E-state index contributed by atoms with van der Waals surface area (Å²) in [5, 5.41) is 24.6. The Morgan fingerprint density at radius 1 is 1.06 bits per heavy atom. The van der Waals surface area contributed by atoms with Gasteiger partial charge in [0.1, 0.15) is 6.54 Å². The maximum Gasteiger partial charge on any atom is 0.325 e. The molecule has 0 spiro atoms. The van der Waals surface area contributed by atoms with Crippen LogP contribution in [0.15, 0.2) is 0 Å². The van der Waals surface area contributed by atoms with Gasteiger partial charge in [0.25, 0.3) is 0 Å². The summed E-state index contributed by atoms with van der Waals surface area (Å²) in [6.45, 7) is 9.05. The van der Waals surface area contributed by atoms with Crippen molar-refractivity contribution in [3.8, 4) is 0 Å². The van der Waals surface area contributed by atoms with Crippen LogP contribution in [0.3, 0.4) is 0 Å². The highest BCUT2D eigenvalue weighted by molar-refractivity contribution is 5.81. The molecule has 4 aliphatic carbocycles. The highest BCUT2D eigenvalue weighted by Crippen LogP contribution is 2.68. The van der Waals surface area contributed by atoms with Crippen LogP contribution in [-0.2, 0) is 14.3 Å².